The lowest BCUT2D eigenvalue weighted by molar-refractivity contribution is 0.131. The Kier molecular flexibility index (Phi) is 5.66. The summed E-state index contributed by atoms with van der Waals surface area (Å²) in [6.07, 6.45) is 2.00. The molecule has 158 valence electrons. The van der Waals surface area contributed by atoms with Crippen LogP contribution in [0.5, 0.6) is 0 Å². The first-order valence-corrected chi connectivity index (χ1v) is 11.4. The van der Waals surface area contributed by atoms with Crippen molar-refractivity contribution >= 4 is 39.6 Å². The number of aryl methyl sites for hydroxylation is 1. The number of piperazine rings is 1. The average molecular weight is 431 g/mol. The minimum atomic E-state index is 0.850. The van der Waals surface area contributed by atoms with E-state index in [1.165, 1.54) is 27.4 Å². The molecule has 5 heteroatoms. The maximum absolute atomic E-state index is 6.32. The second-order valence-electron chi connectivity index (χ2n) is 8.10. The SMILES string of the molecule is CCn1c2ccccc2c2cc(/C=N\N3CCN(Cc4ccccc4Cl)CC3)ccc21. The van der Waals surface area contributed by atoms with Crippen LogP contribution in [0.25, 0.3) is 21.8 Å². The van der Waals surface area contributed by atoms with Crippen LogP contribution in [0.4, 0.5) is 0 Å². The van der Waals surface area contributed by atoms with Crippen LogP contribution in [0.3, 0.4) is 0 Å². The van der Waals surface area contributed by atoms with Gasteiger partial charge in [-0.1, -0.05) is 54.1 Å². The minimum absolute atomic E-state index is 0.850. The highest BCUT2D eigenvalue weighted by Crippen LogP contribution is 2.29. The second-order valence-corrected chi connectivity index (χ2v) is 8.51. The number of rotatable bonds is 5. The first kappa shape index (κ1) is 20.1. The fraction of sp³-hybridized carbons (Fsp3) is 0.269. The minimum Gasteiger partial charge on any atom is -0.341 e. The molecule has 0 spiro atoms. The van der Waals surface area contributed by atoms with Gasteiger partial charge in [-0.05, 0) is 42.3 Å². The average Bonchev–Trinajstić information content (AvgIpc) is 3.13. The van der Waals surface area contributed by atoms with Crippen molar-refractivity contribution < 1.29 is 0 Å². The highest BCUT2D eigenvalue weighted by atomic mass is 35.5. The molecule has 2 heterocycles. The molecule has 0 aliphatic carbocycles. The molecular formula is C26H27ClN4. The monoisotopic (exact) mass is 430 g/mol. The number of nitrogens with zero attached hydrogens (tertiary/aromatic N) is 4. The van der Waals surface area contributed by atoms with E-state index in [2.05, 4.69) is 76.0 Å². The molecule has 1 saturated heterocycles. The van der Waals surface area contributed by atoms with E-state index in [9.17, 15) is 0 Å². The lowest BCUT2D eigenvalue weighted by Crippen LogP contribution is -2.43. The zero-order valence-corrected chi connectivity index (χ0v) is 18.6. The van der Waals surface area contributed by atoms with E-state index in [1.54, 1.807) is 0 Å². The molecule has 4 aromatic rings. The predicted octanol–water partition coefficient (Wildman–Crippen LogP) is 5.62. The number of hydrogen-bond acceptors (Lipinski definition) is 3. The summed E-state index contributed by atoms with van der Waals surface area (Å²) in [4.78, 5) is 2.44. The van der Waals surface area contributed by atoms with Gasteiger partial charge in [-0.25, -0.2) is 0 Å². The van der Waals surface area contributed by atoms with Crippen molar-refractivity contribution in [1.82, 2.24) is 14.5 Å². The highest BCUT2D eigenvalue weighted by Gasteiger charge is 2.16. The number of fused-ring (bicyclic) bond motifs is 3. The molecule has 0 bridgehead atoms. The number of hydrazone groups is 1. The van der Waals surface area contributed by atoms with Gasteiger partial charge in [0.1, 0.15) is 0 Å². The van der Waals surface area contributed by atoms with Gasteiger partial charge in [0.2, 0.25) is 0 Å². The van der Waals surface area contributed by atoms with Gasteiger partial charge in [-0.3, -0.25) is 9.91 Å². The van der Waals surface area contributed by atoms with Crippen molar-refractivity contribution in [2.24, 2.45) is 5.10 Å². The van der Waals surface area contributed by atoms with Crippen molar-refractivity contribution in [3.8, 4) is 0 Å². The van der Waals surface area contributed by atoms with Crippen LogP contribution in [0.1, 0.15) is 18.1 Å². The van der Waals surface area contributed by atoms with Crippen LogP contribution < -0.4 is 0 Å². The fourth-order valence-electron chi connectivity index (χ4n) is 4.52. The highest BCUT2D eigenvalue weighted by molar-refractivity contribution is 6.31. The molecule has 0 radical (unpaired) electrons. The van der Waals surface area contributed by atoms with E-state index in [0.717, 1.165) is 49.9 Å². The molecule has 1 aliphatic heterocycles. The van der Waals surface area contributed by atoms with Gasteiger partial charge in [0.25, 0.3) is 0 Å². The lowest BCUT2D eigenvalue weighted by Gasteiger charge is -2.33. The molecule has 4 nitrogen and oxygen atoms in total. The topological polar surface area (TPSA) is 23.8 Å². The summed E-state index contributed by atoms with van der Waals surface area (Å²) in [5, 5.41) is 10.4. The zero-order chi connectivity index (χ0) is 21.2. The smallest absolute Gasteiger partial charge is 0.0543 e. The van der Waals surface area contributed by atoms with Crippen molar-refractivity contribution in [2.75, 3.05) is 26.2 Å². The Labute approximate surface area is 188 Å². The Morgan fingerprint density at radius 2 is 1.61 bits per heavy atom. The van der Waals surface area contributed by atoms with E-state index in [-0.39, 0.29) is 0 Å². The van der Waals surface area contributed by atoms with E-state index in [4.69, 9.17) is 16.7 Å². The summed E-state index contributed by atoms with van der Waals surface area (Å²) in [6.45, 7) is 7.91. The molecule has 3 aromatic carbocycles. The van der Waals surface area contributed by atoms with Crippen LogP contribution >= 0.6 is 11.6 Å². The van der Waals surface area contributed by atoms with Gasteiger partial charge in [0.05, 0.1) is 6.21 Å². The van der Waals surface area contributed by atoms with E-state index < -0.39 is 0 Å². The summed E-state index contributed by atoms with van der Waals surface area (Å²) >= 11 is 6.32. The van der Waals surface area contributed by atoms with Gasteiger partial charge < -0.3 is 4.57 Å². The Bertz CT molecular complexity index is 1230. The fourth-order valence-corrected chi connectivity index (χ4v) is 4.71. The van der Waals surface area contributed by atoms with Crippen molar-refractivity contribution in [1.29, 1.82) is 0 Å². The number of halogens is 1. The lowest BCUT2D eigenvalue weighted by atomic mass is 10.1. The summed E-state index contributed by atoms with van der Waals surface area (Å²) in [6, 6.07) is 23.4. The van der Waals surface area contributed by atoms with Crippen LogP contribution in [0.15, 0.2) is 71.8 Å². The quantitative estimate of drug-likeness (QED) is 0.384. The predicted molar refractivity (Wildman–Crippen MR) is 131 cm³/mol. The normalized spacial score (nSPS) is 15.5. The molecule has 1 aliphatic rings. The Morgan fingerprint density at radius 1 is 0.871 bits per heavy atom. The number of aromatic nitrogens is 1. The molecule has 5 rings (SSSR count). The molecule has 1 aromatic heterocycles. The zero-order valence-electron chi connectivity index (χ0n) is 17.8. The molecule has 0 saturated carbocycles. The van der Waals surface area contributed by atoms with Gasteiger partial charge in [0.15, 0.2) is 0 Å². The van der Waals surface area contributed by atoms with Crippen molar-refractivity contribution in [2.45, 2.75) is 20.0 Å². The third kappa shape index (κ3) is 4.06. The molecule has 31 heavy (non-hydrogen) atoms. The molecule has 0 amide bonds. The van der Waals surface area contributed by atoms with Crippen LogP contribution in [0.2, 0.25) is 5.02 Å². The van der Waals surface area contributed by atoms with Gasteiger partial charge in [-0.15, -0.1) is 0 Å². The largest absolute Gasteiger partial charge is 0.341 e. The maximum atomic E-state index is 6.32. The Morgan fingerprint density at radius 3 is 2.42 bits per heavy atom. The van der Waals surface area contributed by atoms with Gasteiger partial charge in [-0.2, -0.15) is 5.10 Å². The number of benzene rings is 3. The number of para-hydroxylation sites is 1. The maximum Gasteiger partial charge on any atom is 0.0543 e. The van der Waals surface area contributed by atoms with E-state index >= 15 is 0 Å². The van der Waals surface area contributed by atoms with Gasteiger partial charge >= 0.3 is 0 Å². The molecule has 0 atom stereocenters. The van der Waals surface area contributed by atoms with E-state index in [1.807, 2.05) is 18.3 Å². The third-order valence-electron chi connectivity index (χ3n) is 6.18. The summed E-state index contributed by atoms with van der Waals surface area (Å²) in [5.74, 6) is 0. The molecular weight excluding hydrogens is 404 g/mol. The molecule has 1 fully saturated rings. The standard InChI is InChI=1S/C26H27ClN4/c1-2-31-25-10-6-4-8-22(25)23-17-20(11-12-26(23)31)18-28-30-15-13-29(14-16-30)19-21-7-3-5-9-24(21)27/h3-12,17-18H,2,13-16,19H2,1H3/b28-18-. The molecule has 0 unspecified atom stereocenters. The van der Waals surface area contributed by atoms with Crippen molar-refractivity contribution in [3.05, 3.63) is 82.9 Å². The van der Waals surface area contributed by atoms with Crippen LogP contribution in [-0.2, 0) is 13.1 Å². The molecule has 0 N–H and O–H groups in total. The second kappa shape index (κ2) is 8.74. The first-order valence-electron chi connectivity index (χ1n) is 11.0. The first-order chi connectivity index (χ1) is 15.2. The van der Waals surface area contributed by atoms with Gasteiger partial charge in [0, 0.05) is 66.1 Å². The van der Waals surface area contributed by atoms with E-state index in [0.29, 0.717) is 0 Å². The number of hydrogen-bond donors (Lipinski definition) is 0. The Hall–Kier alpha value is -2.82. The van der Waals surface area contributed by atoms with Crippen LogP contribution in [-0.4, -0.2) is 46.9 Å². The van der Waals surface area contributed by atoms with Crippen LogP contribution in [0, 0.1) is 0 Å². The van der Waals surface area contributed by atoms with Crippen molar-refractivity contribution in [3.63, 3.8) is 0 Å². The summed E-state index contributed by atoms with van der Waals surface area (Å²) in [7, 11) is 0. The summed E-state index contributed by atoms with van der Waals surface area (Å²) in [5.41, 5.74) is 4.92. The summed E-state index contributed by atoms with van der Waals surface area (Å²) < 4.78 is 2.38. The third-order valence-corrected chi connectivity index (χ3v) is 6.55. The Balaban J connectivity index is 1.28.